The number of aryl methyl sites for hydroxylation is 1. The minimum atomic E-state index is -4.43. The second-order valence-electron chi connectivity index (χ2n) is 4.80. The van der Waals surface area contributed by atoms with Gasteiger partial charge in [-0.05, 0) is 12.1 Å². The molecule has 0 saturated heterocycles. The van der Waals surface area contributed by atoms with E-state index in [4.69, 9.17) is 0 Å². The number of halogens is 3. The molecule has 0 aliphatic heterocycles. The summed E-state index contributed by atoms with van der Waals surface area (Å²) in [5.74, 6) is -1.15. The Labute approximate surface area is 122 Å². The van der Waals surface area contributed by atoms with E-state index in [0.29, 0.717) is 16.6 Å². The fourth-order valence-corrected chi connectivity index (χ4v) is 2.41. The Balaban J connectivity index is 2.22. The molecular formula is C14H10F3N3O2. The van der Waals surface area contributed by atoms with Crippen LogP contribution in [0.15, 0.2) is 30.6 Å². The molecule has 3 aromatic rings. The van der Waals surface area contributed by atoms with E-state index in [9.17, 15) is 23.1 Å². The Morgan fingerprint density at radius 2 is 2.09 bits per heavy atom. The number of aromatic amines is 1. The molecule has 0 unspecified atom stereocenters. The average Bonchev–Trinajstić information content (AvgIpc) is 3.00. The van der Waals surface area contributed by atoms with Crippen molar-refractivity contribution in [3.63, 3.8) is 0 Å². The van der Waals surface area contributed by atoms with Crippen LogP contribution in [0.25, 0.3) is 22.2 Å². The number of benzene rings is 1. The highest BCUT2D eigenvalue weighted by Gasteiger charge is 2.31. The van der Waals surface area contributed by atoms with Gasteiger partial charge in [-0.25, -0.2) is 4.79 Å². The van der Waals surface area contributed by atoms with Crippen molar-refractivity contribution in [1.82, 2.24) is 14.8 Å². The number of aromatic nitrogens is 3. The van der Waals surface area contributed by atoms with Gasteiger partial charge in [-0.15, -0.1) is 0 Å². The van der Waals surface area contributed by atoms with E-state index in [1.165, 1.54) is 23.1 Å². The van der Waals surface area contributed by atoms with Crippen molar-refractivity contribution >= 4 is 16.9 Å². The van der Waals surface area contributed by atoms with Crippen LogP contribution in [-0.2, 0) is 13.2 Å². The predicted octanol–water partition coefficient (Wildman–Crippen LogP) is 3.29. The molecule has 2 heterocycles. The van der Waals surface area contributed by atoms with Crippen LogP contribution in [0, 0.1) is 0 Å². The molecule has 0 spiro atoms. The molecule has 0 radical (unpaired) electrons. The van der Waals surface area contributed by atoms with Crippen molar-refractivity contribution in [1.29, 1.82) is 0 Å². The standard InChI is InChI=1S/C14H10F3N3O2/c1-20-12(10(6-19-20)13(21)22)9-5-18-11-4-7(14(15,16)17)2-3-8(9)11/h2-6,18H,1H3,(H,21,22). The first-order chi connectivity index (χ1) is 10.3. The molecule has 22 heavy (non-hydrogen) atoms. The zero-order valence-corrected chi connectivity index (χ0v) is 11.3. The molecule has 0 saturated carbocycles. The zero-order chi connectivity index (χ0) is 16.1. The Hall–Kier alpha value is -2.77. The number of rotatable bonds is 2. The summed E-state index contributed by atoms with van der Waals surface area (Å²) in [4.78, 5) is 14.0. The summed E-state index contributed by atoms with van der Waals surface area (Å²) in [6, 6.07) is 3.29. The molecule has 114 valence electrons. The van der Waals surface area contributed by atoms with E-state index in [2.05, 4.69) is 10.1 Å². The molecular weight excluding hydrogens is 299 g/mol. The average molecular weight is 309 g/mol. The van der Waals surface area contributed by atoms with Gasteiger partial charge < -0.3 is 10.1 Å². The number of alkyl halides is 3. The summed E-state index contributed by atoms with van der Waals surface area (Å²) in [5.41, 5.74) is 0.321. The first kappa shape index (κ1) is 14.2. The van der Waals surface area contributed by atoms with E-state index in [1.807, 2.05) is 0 Å². The Morgan fingerprint density at radius 1 is 1.36 bits per heavy atom. The number of carboxylic acids is 1. The summed E-state index contributed by atoms with van der Waals surface area (Å²) in [7, 11) is 1.57. The van der Waals surface area contributed by atoms with Crippen LogP contribution in [0.5, 0.6) is 0 Å². The van der Waals surface area contributed by atoms with E-state index >= 15 is 0 Å². The Kier molecular flexibility index (Phi) is 2.98. The topological polar surface area (TPSA) is 70.9 Å². The highest BCUT2D eigenvalue weighted by Crippen LogP contribution is 2.35. The number of nitrogens with zero attached hydrogens (tertiary/aromatic N) is 2. The molecule has 1 aromatic carbocycles. The third-order valence-corrected chi connectivity index (χ3v) is 3.43. The van der Waals surface area contributed by atoms with Gasteiger partial charge in [-0.2, -0.15) is 18.3 Å². The minimum Gasteiger partial charge on any atom is -0.478 e. The summed E-state index contributed by atoms with van der Waals surface area (Å²) in [6.45, 7) is 0. The lowest BCUT2D eigenvalue weighted by molar-refractivity contribution is -0.137. The van der Waals surface area contributed by atoms with Crippen molar-refractivity contribution in [2.45, 2.75) is 6.18 Å². The fourth-order valence-electron chi connectivity index (χ4n) is 2.41. The van der Waals surface area contributed by atoms with E-state index in [0.717, 1.165) is 12.1 Å². The monoisotopic (exact) mass is 309 g/mol. The van der Waals surface area contributed by atoms with E-state index in [1.54, 1.807) is 7.05 Å². The van der Waals surface area contributed by atoms with Gasteiger partial charge in [0.25, 0.3) is 0 Å². The van der Waals surface area contributed by atoms with Gasteiger partial charge in [-0.3, -0.25) is 4.68 Å². The van der Waals surface area contributed by atoms with Crippen molar-refractivity contribution < 1.29 is 23.1 Å². The lowest BCUT2D eigenvalue weighted by Gasteiger charge is -2.07. The number of carboxylic acid groups (broad SMARTS) is 1. The number of nitrogens with one attached hydrogen (secondary N) is 1. The summed E-state index contributed by atoms with van der Waals surface area (Å²) in [5, 5.41) is 13.6. The van der Waals surface area contributed by atoms with Crippen LogP contribution < -0.4 is 0 Å². The van der Waals surface area contributed by atoms with Crippen LogP contribution in [0.1, 0.15) is 15.9 Å². The van der Waals surface area contributed by atoms with Gasteiger partial charge in [-0.1, -0.05) is 6.07 Å². The van der Waals surface area contributed by atoms with E-state index in [-0.39, 0.29) is 11.1 Å². The summed E-state index contributed by atoms with van der Waals surface area (Å²) < 4.78 is 39.6. The smallest absolute Gasteiger partial charge is 0.416 e. The molecule has 5 nitrogen and oxygen atoms in total. The molecule has 3 rings (SSSR count). The van der Waals surface area contributed by atoms with Gasteiger partial charge >= 0.3 is 12.1 Å². The van der Waals surface area contributed by atoms with Crippen LogP contribution in [0.3, 0.4) is 0 Å². The molecule has 0 fully saturated rings. The molecule has 0 amide bonds. The fraction of sp³-hybridized carbons (Fsp3) is 0.143. The van der Waals surface area contributed by atoms with Crippen LogP contribution >= 0.6 is 0 Å². The quantitative estimate of drug-likeness (QED) is 0.763. The van der Waals surface area contributed by atoms with Crippen LogP contribution in [0.4, 0.5) is 13.2 Å². The van der Waals surface area contributed by atoms with Gasteiger partial charge in [0.1, 0.15) is 5.56 Å². The molecule has 2 N–H and O–H groups in total. The number of H-pyrrole nitrogens is 1. The lowest BCUT2D eigenvalue weighted by Crippen LogP contribution is -2.04. The number of fused-ring (bicyclic) bond motifs is 1. The lowest BCUT2D eigenvalue weighted by atomic mass is 10.1. The molecule has 8 heteroatoms. The van der Waals surface area contributed by atoms with Crippen LogP contribution in [0.2, 0.25) is 0 Å². The molecule has 0 aliphatic carbocycles. The van der Waals surface area contributed by atoms with Gasteiger partial charge in [0.05, 0.1) is 17.5 Å². The van der Waals surface area contributed by atoms with Gasteiger partial charge in [0.2, 0.25) is 0 Å². The SMILES string of the molecule is Cn1ncc(C(=O)O)c1-c1c[nH]c2cc(C(F)(F)F)ccc12. The van der Waals surface area contributed by atoms with Crippen molar-refractivity contribution in [3.05, 3.63) is 41.7 Å². The predicted molar refractivity (Wildman–Crippen MR) is 72.5 cm³/mol. The van der Waals surface area contributed by atoms with Crippen LogP contribution in [-0.4, -0.2) is 25.8 Å². The Morgan fingerprint density at radius 3 is 2.73 bits per heavy atom. The zero-order valence-electron chi connectivity index (χ0n) is 11.3. The Bertz CT molecular complexity index is 877. The summed E-state index contributed by atoms with van der Waals surface area (Å²) in [6.07, 6.45) is -1.74. The highest BCUT2D eigenvalue weighted by molar-refractivity contribution is 6.02. The second-order valence-corrected chi connectivity index (χ2v) is 4.80. The van der Waals surface area contributed by atoms with Crippen molar-refractivity contribution in [3.8, 4) is 11.3 Å². The maximum absolute atomic E-state index is 12.7. The second kappa shape index (κ2) is 4.62. The maximum Gasteiger partial charge on any atom is 0.416 e. The summed E-state index contributed by atoms with van der Waals surface area (Å²) >= 11 is 0. The van der Waals surface area contributed by atoms with E-state index < -0.39 is 17.7 Å². The number of hydrogen-bond donors (Lipinski definition) is 2. The number of hydrogen-bond acceptors (Lipinski definition) is 2. The maximum atomic E-state index is 12.7. The van der Waals surface area contributed by atoms with Gasteiger partial charge in [0, 0.05) is 29.7 Å². The molecule has 0 bridgehead atoms. The third-order valence-electron chi connectivity index (χ3n) is 3.43. The van der Waals surface area contributed by atoms with Crippen molar-refractivity contribution in [2.75, 3.05) is 0 Å². The first-order valence-corrected chi connectivity index (χ1v) is 6.23. The van der Waals surface area contributed by atoms with Crippen molar-refractivity contribution in [2.24, 2.45) is 7.05 Å². The highest BCUT2D eigenvalue weighted by atomic mass is 19.4. The first-order valence-electron chi connectivity index (χ1n) is 6.23. The molecule has 0 aliphatic rings. The van der Waals surface area contributed by atoms with Gasteiger partial charge in [0.15, 0.2) is 0 Å². The normalized spacial score (nSPS) is 12.0. The third kappa shape index (κ3) is 2.12. The number of carbonyl (C=O) groups is 1. The molecule has 2 aromatic heterocycles. The minimum absolute atomic E-state index is 0.0108. The largest absolute Gasteiger partial charge is 0.478 e. The number of aromatic carboxylic acids is 1. The molecule has 0 atom stereocenters.